The van der Waals surface area contributed by atoms with E-state index in [4.69, 9.17) is 10.6 Å². The molecule has 0 bridgehead atoms. The van der Waals surface area contributed by atoms with E-state index in [2.05, 4.69) is 15.4 Å². The number of piperidine rings is 1. The molecular weight excluding hydrogens is 234 g/mol. The van der Waals surface area contributed by atoms with E-state index >= 15 is 0 Å². The monoisotopic (exact) mass is 253 g/mol. The molecular formula is C11H19N5O2. The van der Waals surface area contributed by atoms with Crippen molar-refractivity contribution >= 4 is 11.6 Å². The van der Waals surface area contributed by atoms with Gasteiger partial charge >= 0.3 is 0 Å². The van der Waals surface area contributed by atoms with Crippen LogP contribution in [0, 0.1) is 0 Å². The molecule has 4 N–H and O–H groups in total. The van der Waals surface area contributed by atoms with E-state index < -0.39 is 0 Å². The van der Waals surface area contributed by atoms with Crippen LogP contribution in [0.2, 0.25) is 0 Å². The number of rotatable bonds is 4. The highest BCUT2D eigenvalue weighted by molar-refractivity contribution is 5.49. The van der Waals surface area contributed by atoms with Gasteiger partial charge in [-0.05, 0) is 12.8 Å². The van der Waals surface area contributed by atoms with Crippen molar-refractivity contribution in [2.24, 2.45) is 5.84 Å². The molecule has 0 radical (unpaired) electrons. The summed E-state index contributed by atoms with van der Waals surface area (Å²) in [6.45, 7) is 1.80. The molecule has 1 aliphatic heterocycles. The fourth-order valence-electron chi connectivity index (χ4n) is 2.08. The van der Waals surface area contributed by atoms with Crippen molar-refractivity contribution in [2.75, 3.05) is 30.5 Å². The highest BCUT2D eigenvalue weighted by atomic mass is 16.5. The van der Waals surface area contributed by atoms with E-state index in [1.54, 1.807) is 13.2 Å². The van der Waals surface area contributed by atoms with Crippen LogP contribution in [-0.4, -0.2) is 41.4 Å². The van der Waals surface area contributed by atoms with Gasteiger partial charge in [0.15, 0.2) is 5.82 Å². The Morgan fingerprint density at radius 3 is 3.11 bits per heavy atom. The number of β-amino-alcohol motifs (C(OH)–C–C–N with tert-alkyl or cyclic N) is 1. The molecule has 1 aliphatic rings. The number of methoxy groups -OCH3 is 1. The van der Waals surface area contributed by atoms with Crippen LogP contribution in [0.15, 0.2) is 6.07 Å². The summed E-state index contributed by atoms with van der Waals surface area (Å²) < 4.78 is 5.03. The first kappa shape index (κ1) is 13.0. The number of hydrazine groups is 1. The Kier molecular flexibility index (Phi) is 4.29. The molecule has 7 nitrogen and oxygen atoms in total. The summed E-state index contributed by atoms with van der Waals surface area (Å²) in [5.74, 6) is 7.28. The van der Waals surface area contributed by atoms with E-state index in [1.165, 1.54) is 0 Å². The maximum absolute atomic E-state index is 9.69. The highest BCUT2D eigenvalue weighted by Crippen LogP contribution is 2.20. The van der Waals surface area contributed by atoms with Crippen molar-refractivity contribution in [1.29, 1.82) is 0 Å². The smallest absolute Gasteiger partial charge is 0.158 e. The lowest BCUT2D eigenvalue weighted by molar-refractivity contribution is 0.153. The average molecular weight is 253 g/mol. The second-order valence-electron chi connectivity index (χ2n) is 4.35. The first-order valence-corrected chi connectivity index (χ1v) is 5.99. The second kappa shape index (κ2) is 5.94. The van der Waals surface area contributed by atoms with Crippen molar-refractivity contribution in [2.45, 2.75) is 25.6 Å². The molecule has 1 fully saturated rings. The Balaban J connectivity index is 2.22. The zero-order chi connectivity index (χ0) is 13.0. The van der Waals surface area contributed by atoms with Crippen molar-refractivity contribution in [3.05, 3.63) is 11.9 Å². The predicted molar refractivity (Wildman–Crippen MR) is 68.0 cm³/mol. The average Bonchev–Trinajstić information content (AvgIpc) is 2.39. The third-order valence-electron chi connectivity index (χ3n) is 2.90. The maximum Gasteiger partial charge on any atom is 0.158 e. The highest BCUT2D eigenvalue weighted by Gasteiger charge is 2.20. The fraction of sp³-hybridized carbons (Fsp3) is 0.636. The number of hydrogen-bond donors (Lipinski definition) is 3. The molecule has 1 saturated heterocycles. The van der Waals surface area contributed by atoms with Crippen LogP contribution in [0.1, 0.15) is 18.7 Å². The number of aromatic nitrogens is 2. The van der Waals surface area contributed by atoms with Crippen LogP contribution in [-0.2, 0) is 11.3 Å². The van der Waals surface area contributed by atoms with Crippen molar-refractivity contribution in [3.8, 4) is 0 Å². The molecule has 0 aromatic carbocycles. The molecule has 2 heterocycles. The van der Waals surface area contributed by atoms with Gasteiger partial charge in [-0.15, -0.1) is 0 Å². The first-order valence-electron chi connectivity index (χ1n) is 5.99. The zero-order valence-corrected chi connectivity index (χ0v) is 10.5. The quantitative estimate of drug-likeness (QED) is 0.508. The van der Waals surface area contributed by atoms with Gasteiger partial charge in [-0.25, -0.2) is 15.8 Å². The van der Waals surface area contributed by atoms with E-state index in [1.807, 2.05) is 4.90 Å². The van der Waals surface area contributed by atoms with Crippen molar-refractivity contribution in [1.82, 2.24) is 9.97 Å². The van der Waals surface area contributed by atoms with E-state index in [0.29, 0.717) is 24.8 Å². The van der Waals surface area contributed by atoms with E-state index in [9.17, 15) is 5.11 Å². The largest absolute Gasteiger partial charge is 0.391 e. The minimum Gasteiger partial charge on any atom is -0.391 e. The molecule has 18 heavy (non-hydrogen) atoms. The van der Waals surface area contributed by atoms with Gasteiger partial charge in [0, 0.05) is 26.3 Å². The second-order valence-corrected chi connectivity index (χ2v) is 4.35. The number of aliphatic hydroxyl groups is 1. The summed E-state index contributed by atoms with van der Waals surface area (Å²) in [4.78, 5) is 10.6. The molecule has 7 heteroatoms. The number of nitrogens with zero attached hydrogens (tertiary/aromatic N) is 3. The van der Waals surface area contributed by atoms with Gasteiger partial charge in [-0.1, -0.05) is 0 Å². The summed E-state index contributed by atoms with van der Waals surface area (Å²) >= 11 is 0. The third-order valence-corrected chi connectivity index (χ3v) is 2.90. The van der Waals surface area contributed by atoms with Gasteiger partial charge in [-0.3, -0.25) is 0 Å². The molecule has 100 valence electrons. The van der Waals surface area contributed by atoms with Gasteiger partial charge in [-0.2, -0.15) is 0 Å². The summed E-state index contributed by atoms with van der Waals surface area (Å²) in [7, 11) is 1.59. The van der Waals surface area contributed by atoms with Crippen LogP contribution in [0.25, 0.3) is 0 Å². The van der Waals surface area contributed by atoms with Gasteiger partial charge in [0.25, 0.3) is 0 Å². The molecule has 1 aromatic rings. The third kappa shape index (κ3) is 3.06. The maximum atomic E-state index is 9.69. The topological polar surface area (TPSA) is 96.5 Å². The molecule has 1 atom stereocenters. The lowest BCUT2D eigenvalue weighted by Gasteiger charge is -2.31. The Hall–Kier alpha value is -1.44. The van der Waals surface area contributed by atoms with Crippen molar-refractivity contribution in [3.63, 3.8) is 0 Å². The number of hydrogen-bond acceptors (Lipinski definition) is 7. The van der Waals surface area contributed by atoms with E-state index in [-0.39, 0.29) is 6.10 Å². The lowest BCUT2D eigenvalue weighted by atomic mass is 10.1. The number of nitrogens with one attached hydrogen (secondary N) is 1. The molecule has 0 amide bonds. The molecule has 0 aliphatic carbocycles. The zero-order valence-electron chi connectivity index (χ0n) is 10.5. The van der Waals surface area contributed by atoms with Crippen LogP contribution >= 0.6 is 0 Å². The van der Waals surface area contributed by atoms with Crippen LogP contribution in [0.4, 0.5) is 11.6 Å². The molecule has 0 saturated carbocycles. The molecule has 1 unspecified atom stereocenters. The number of anilines is 2. The minimum atomic E-state index is -0.297. The standard InChI is InChI=1S/C11H19N5O2/c1-18-7-10-13-9(15-12)5-11(14-10)16-4-2-3-8(17)6-16/h5,8,17H,2-4,6-7,12H2,1H3,(H,13,14,15). The Morgan fingerprint density at radius 1 is 1.61 bits per heavy atom. The van der Waals surface area contributed by atoms with Crippen molar-refractivity contribution < 1.29 is 9.84 Å². The summed E-state index contributed by atoms with van der Waals surface area (Å²) in [6, 6.07) is 1.78. The minimum absolute atomic E-state index is 0.297. The fourth-order valence-corrected chi connectivity index (χ4v) is 2.08. The number of nitrogen functional groups attached to an aromatic ring is 1. The molecule has 0 spiro atoms. The molecule has 1 aromatic heterocycles. The van der Waals surface area contributed by atoms with Gasteiger partial charge in [0.1, 0.15) is 18.2 Å². The Bertz CT molecular complexity index is 401. The van der Waals surface area contributed by atoms with Gasteiger partial charge < -0.3 is 20.2 Å². The van der Waals surface area contributed by atoms with Crippen LogP contribution in [0.5, 0.6) is 0 Å². The van der Waals surface area contributed by atoms with E-state index in [0.717, 1.165) is 25.2 Å². The number of aliphatic hydroxyl groups excluding tert-OH is 1. The SMILES string of the molecule is COCc1nc(NN)cc(N2CCCC(O)C2)n1. The molecule has 2 rings (SSSR count). The number of nitrogens with two attached hydrogens (primary N) is 1. The van der Waals surface area contributed by atoms with Crippen LogP contribution in [0.3, 0.4) is 0 Å². The lowest BCUT2D eigenvalue weighted by Crippen LogP contribution is -2.39. The van der Waals surface area contributed by atoms with Gasteiger partial charge in [0.05, 0.1) is 6.10 Å². The first-order chi connectivity index (χ1) is 8.72. The summed E-state index contributed by atoms with van der Waals surface area (Å²) in [5, 5.41) is 9.69. The normalized spacial score (nSPS) is 19.9. The summed E-state index contributed by atoms with van der Waals surface area (Å²) in [5.41, 5.74) is 2.52. The van der Waals surface area contributed by atoms with Gasteiger partial charge in [0.2, 0.25) is 0 Å². The van der Waals surface area contributed by atoms with Crippen LogP contribution < -0.4 is 16.2 Å². The Labute approximate surface area is 106 Å². The Morgan fingerprint density at radius 2 is 2.44 bits per heavy atom. The number of ether oxygens (including phenoxy) is 1. The summed E-state index contributed by atoms with van der Waals surface area (Å²) in [6.07, 6.45) is 1.50. The predicted octanol–water partition coefficient (Wildman–Crippen LogP) is -0.130.